The fourth-order valence-corrected chi connectivity index (χ4v) is 0.891. The summed E-state index contributed by atoms with van der Waals surface area (Å²) in [7, 11) is 3.92. The first kappa shape index (κ1) is 10.9. The van der Waals surface area contributed by atoms with E-state index in [1.807, 2.05) is 14.1 Å². The summed E-state index contributed by atoms with van der Waals surface area (Å²) in [4.78, 5) is 2.11. The Morgan fingerprint density at radius 3 is 2.64 bits per heavy atom. The van der Waals surface area contributed by atoms with Crippen LogP contribution >= 0.6 is 0 Å². The van der Waals surface area contributed by atoms with E-state index in [-0.39, 0.29) is 6.10 Å². The lowest BCUT2D eigenvalue weighted by Crippen LogP contribution is -2.30. The lowest BCUT2D eigenvalue weighted by atomic mass is 10.2. The van der Waals surface area contributed by atoms with Gasteiger partial charge in [-0.2, -0.15) is 0 Å². The molecule has 3 nitrogen and oxygen atoms in total. The Kier molecular flexibility index (Phi) is 6.51. The molecule has 2 N–H and O–H groups in total. The summed E-state index contributed by atoms with van der Waals surface area (Å²) in [6.07, 6.45) is 0.647. The van der Waals surface area contributed by atoms with E-state index in [2.05, 4.69) is 17.1 Å². The van der Waals surface area contributed by atoms with Crippen molar-refractivity contribution in [3.05, 3.63) is 0 Å². The first-order valence-electron chi connectivity index (χ1n) is 4.22. The molecule has 0 heterocycles. The molecule has 0 spiro atoms. The second-order valence-corrected chi connectivity index (χ2v) is 2.90. The molecule has 0 aliphatic heterocycles. The number of hydrogen-bond acceptors (Lipinski definition) is 3. The van der Waals surface area contributed by atoms with Crippen LogP contribution in [-0.2, 0) is 0 Å². The van der Waals surface area contributed by atoms with Crippen LogP contribution in [0.2, 0.25) is 0 Å². The van der Waals surface area contributed by atoms with E-state index in [0.29, 0.717) is 0 Å². The van der Waals surface area contributed by atoms with Crippen molar-refractivity contribution in [2.45, 2.75) is 19.4 Å². The van der Waals surface area contributed by atoms with Gasteiger partial charge in [-0.05, 0) is 33.6 Å². The molecule has 11 heavy (non-hydrogen) atoms. The molecule has 0 aromatic rings. The molecular weight excluding hydrogens is 140 g/mol. The van der Waals surface area contributed by atoms with Gasteiger partial charge in [-0.25, -0.2) is 0 Å². The van der Waals surface area contributed by atoms with Crippen molar-refractivity contribution in [2.24, 2.45) is 0 Å². The molecule has 1 unspecified atom stereocenters. The van der Waals surface area contributed by atoms with E-state index >= 15 is 0 Å². The molecule has 0 radical (unpaired) electrons. The number of aliphatic hydroxyl groups is 1. The van der Waals surface area contributed by atoms with Gasteiger partial charge in [0.2, 0.25) is 0 Å². The van der Waals surface area contributed by atoms with Crippen molar-refractivity contribution < 1.29 is 5.11 Å². The number of aliphatic hydroxyl groups excluding tert-OH is 1. The minimum absolute atomic E-state index is 0.188. The van der Waals surface area contributed by atoms with Gasteiger partial charge in [0.25, 0.3) is 0 Å². The predicted molar refractivity (Wildman–Crippen MR) is 47.7 cm³/mol. The van der Waals surface area contributed by atoms with Gasteiger partial charge < -0.3 is 15.3 Å². The Hall–Kier alpha value is -0.120. The smallest absolute Gasteiger partial charge is 0.0679 e. The lowest BCUT2D eigenvalue weighted by Gasteiger charge is -2.18. The highest BCUT2D eigenvalue weighted by Crippen LogP contribution is 1.92. The van der Waals surface area contributed by atoms with Gasteiger partial charge in [-0.3, -0.25) is 0 Å². The highest BCUT2D eigenvalue weighted by atomic mass is 16.3. The zero-order valence-corrected chi connectivity index (χ0v) is 7.80. The van der Waals surface area contributed by atoms with E-state index in [4.69, 9.17) is 0 Å². The van der Waals surface area contributed by atoms with Gasteiger partial charge in [0.05, 0.1) is 6.10 Å². The van der Waals surface area contributed by atoms with Crippen LogP contribution in [0.4, 0.5) is 0 Å². The van der Waals surface area contributed by atoms with Gasteiger partial charge in [-0.15, -0.1) is 0 Å². The molecule has 0 aliphatic rings. The summed E-state index contributed by atoms with van der Waals surface area (Å²) in [5.74, 6) is 0. The molecule has 0 fully saturated rings. The topological polar surface area (TPSA) is 35.5 Å². The second-order valence-electron chi connectivity index (χ2n) is 2.90. The van der Waals surface area contributed by atoms with E-state index < -0.39 is 0 Å². The van der Waals surface area contributed by atoms with E-state index in [9.17, 15) is 5.11 Å². The SMILES string of the molecule is CCN(C)CC(O)CCNC. The summed E-state index contributed by atoms with van der Waals surface area (Å²) in [5.41, 5.74) is 0. The van der Waals surface area contributed by atoms with Gasteiger partial charge in [0, 0.05) is 6.54 Å². The Balaban J connectivity index is 3.27. The summed E-state index contributed by atoms with van der Waals surface area (Å²) in [5, 5.41) is 12.4. The Morgan fingerprint density at radius 1 is 1.55 bits per heavy atom. The molecule has 0 aromatic heterocycles. The van der Waals surface area contributed by atoms with E-state index in [1.165, 1.54) is 0 Å². The second kappa shape index (κ2) is 6.58. The van der Waals surface area contributed by atoms with Crippen LogP contribution in [0.1, 0.15) is 13.3 Å². The average molecular weight is 160 g/mol. The maximum Gasteiger partial charge on any atom is 0.0679 e. The predicted octanol–water partition coefficient (Wildman–Crippen LogP) is -0.0915. The van der Waals surface area contributed by atoms with Crippen LogP contribution < -0.4 is 5.32 Å². The molecule has 0 saturated heterocycles. The van der Waals surface area contributed by atoms with Crippen molar-refractivity contribution in [2.75, 3.05) is 33.7 Å². The van der Waals surface area contributed by atoms with Crippen LogP contribution in [0.5, 0.6) is 0 Å². The molecule has 0 aromatic carbocycles. The molecule has 3 heteroatoms. The molecule has 0 aliphatic carbocycles. The van der Waals surface area contributed by atoms with E-state index in [0.717, 1.165) is 26.1 Å². The number of nitrogens with zero attached hydrogens (tertiary/aromatic N) is 1. The molecule has 68 valence electrons. The van der Waals surface area contributed by atoms with Crippen molar-refractivity contribution in [3.63, 3.8) is 0 Å². The van der Waals surface area contributed by atoms with Gasteiger partial charge in [0.1, 0.15) is 0 Å². The summed E-state index contributed by atoms with van der Waals surface area (Å²) in [6, 6.07) is 0. The molecular formula is C8H20N2O. The Labute approximate surface area is 69.4 Å². The van der Waals surface area contributed by atoms with E-state index in [1.54, 1.807) is 0 Å². The average Bonchev–Trinajstić information content (AvgIpc) is 2.00. The third kappa shape index (κ3) is 6.28. The minimum atomic E-state index is -0.188. The fourth-order valence-electron chi connectivity index (χ4n) is 0.891. The molecule has 1 atom stereocenters. The first-order chi connectivity index (χ1) is 5.20. The summed E-state index contributed by atoms with van der Waals surface area (Å²) in [6.45, 7) is 4.75. The first-order valence-corrected chi connectivity index (χ1v) is 4.22. The van der Waals surface area contributed by atoms with Crippen molar-refractivity contribution in [1.82, 2.24) is 10.2 Å². The molecule has 0 rings (SSSR count). The largest absolute Gasteiger partial charge is 0.392 e. The lowest BCUT2D eigenvalue weighted by molar-refractivity contribution is 0.120. The zero-order valence-electron chi connectivity index (χ0n) is 7.80. The summed E-state index contributed by atoms with van der Waals surface area (Å²) < 4.78 is 0. The third-order valence-corrected chi connectivity index (χ3v) is 1.79. The number of likely N-dealkylation sites (N-methyl/N-ethyl adjacent to an activating group) is 1. The van der Waals surface area contributed by atoms with Crippen LogP contribution in [0.3, 0.4) is 0 Å². The van der Waals surface area contributed by atoms with Crippen molar-refractivity contribution >= 4 is 0 Å². The Morgan fingerprint density at radius 2 is 2.18 bits per heavy atom. The zero-order chi connectivity index (χ0) is 8.69. The van der Waals surface area contributed by atoms with Crippen LogP contribution in [0.15, 0.2) is 0 Å². The van der Waals surface area contributed by atoms with Crippen molar-refractivity contribution in [1.29, 1.82) is 0 Å². The molecule has 0 bridgehead atoms. The Bertz CT molecular complexity index is 88.2. The maximum absolute atomic E-state index is 9.40. The van der Waals surface area contributed by atoms with Crippen LogP contribution in [0.25, 0.3) is 0 Å². The standard InChI is InChI=1S/C8H20N2O/c1-4-10(3)7-8(11)5-6-9-2/h8-9,11H,4-7H2,1-3H3. The third-order valence-electron chi connectivity index (χ3n) is 1.79. The normalized spacial score (nSPS) is 13.9. The van der Waals surface area contributed by atoms with Crippen LogP contribution in [0, 0.1) is 0 Å². The van der Waals surface area contributed by atoms with Gasteiger partial charge in [-0.1, -0.05) is 6.92 Å². The highest BCUT2D eigenvalue weighted by molar-refractivity contribution is 4.60. The molecule has 0 saturated carbocycles. The quantitative estimate of drug-likeness (QED) is 0.570. The number of nitrogens with one attached hydrogen (secondary N) is 1. The minimum Gasteiger partial charge on any atom is -0.392 e. The fraction of sp³-hybridized carbons (Fsp3) is 1.00. The molecule has 0 amide bonds. The van der Waals surface area contributed by atoms with Crippen LogP contribution in [-0.4, -0.2) is 49.8 Å². The maximum atomic E-state index is 9.40. The summed E-state index contributed by atoms with van der Waals surface area (Å²) >= 11 is 0. The monoisotopic (exact) mass is 160 g/mol. The van der Waals surface area contributed by atoms with Gasteiger partial charge in [0.15, 0.2) is 0 Å². The number of hydrogen-bond donors (Lipinski definition) is 2. The number of rotatable bonds is 6. The van der Waals surface area contributed by atoms with Crippen molar-refractivity contribution in [3.8, 4) is 0 Å². The highest BCUT2D eigenvalue weighted by Gasteiger charge is 2.04. The van der Waals surface area contributed by atoms with Gasteiger partial charge >= 0.3 is 0 Å².